The van der Waals surface area contributed by atoms with Gasteiger partial charge in [-0.15, -0.1) is 34.0 Å². The van der Waals surface area contributed by atoms with Gasteiger partial charge in [0, 0.05) is 62.6 Å². The molecule has 0 saturated heterocycles. The van der Waals surface area contributed by atoms with Crippen molar-refractivity contribution in [3.8, 4) is 41.1 Å². The summed E-state index contributed by atoms with van der Waals surface area (Å²) in [6.07, 6.45) is 0. The van der Waals surface area contributed by atoms with E-state index in [1.54, 1.807) is 18.3 Å². The molecule has 0 spiro atoms. The van der Waals surface area contributed by atoms with Crippen LogP contribution in [0.4, 0.5) is 17.6 Å². The van der Waals surface area contributed by atoms with Crippen LogP contribution in [0, 0.1) is 13.8 Å². The molecule has 3 heterocycles. The normalized spacial score (nSPS) is 16.2. The van der Waals surface area contributed by atoms with Crippen molar-refractivity contribution in [1.29, 1.82) is 0 Å². The second kappa shape index (κ2) is 6.93. The fourth-order valence-electron chi connectivity index (χ4n) is 5.02. The number of rotatable bonds is 2. The van der Waals surface area contributed by atoms with Crippen molar-refractivity contribution < 1.29 is 17.6 Å². The Labute approximate surface area is 211 Å². The van der Waals surface area contributed by atoms with Gasteiger partial charge in [0.2, 0.25) is 0 Å². The van der Waals surface area contributed by atoms with Gasteiger partial charge in [0.1, 0.15) is 0 Å². The first-order valence-corrected chi connectivity index (χ1v) is 13.5. The number of fused-ring (bicyclic) bond motifs is 6. The van der Waals surface area contributed by atoms with Crippen molar-refractivity contribution in [2.24, 2.45) is 0 Å². The van der Waals surface area contributed by atoms with E-state index in [1.807, 2.05) is 43.3 Å². The zero-order valence-corrected chi connectivity index (χ0v) is 21.0. The van der Waals surface area contributed by atoms with Crippen LogP contribution < -0.4 is 0 Å². The molecule has 0 aliphatic heterocycles. The Morgan fingerprint density at radius 2 is 1.11 bits per heavy atom. The Morgan fingerprint density at radius 3 is 1.77 bits per heavy atom. The van der Waals surface area contributed by atoms with E-state index in [1.165, 1.54) is 52.5 Å². The Balaban J connectivity index is 1.34. The summed E-state index contributed by atoms with van der Waals surface area (Å²) in [6, 6.07) is 17.7. The summed E-state index contributed by atoms with van der Waals surface area (Å²) < 4.78 is 61.8. The summed E-state index contributed by atoms with van der Waals surface area (Å²) in [4.78, 5) is 4.21. The fraction of sp³-hybridized carbons (Fsp3) is 0.143. The summed E-state index contributed by atoms with van der Waals surface area (Å²) in [5.41, 5.74) is 2.19. The highest BCUT2D eigenvalue weighted by atomic mass is 32.1. The zero-order chi connectivity index (χ0) is 24.3. The zero-order valence-electron chi connectivity index (χ0n) is 18.5. The van der Waals surface area contributed by atoms with E-state index in [0.717, 1.165) is 25.1 Å². The van der Waals surface area contributed by atoms with Gasteiger partial charge in [-0.3, -0.25) is 0 Å². The highest BCUT2D eigenvalue weighted by Crippen LogP contribution is 2.61. The second-order valence-electron chi connectivity index (χ2n) is 9.08. The predicted molar refractivity (Wildman–Crippen MR) is 137 cm³/mol. The molecular weight excluding hydrogens is 509 g/mol. The smallest absolute Gasteiger partial charge is 0.196 e. The van der Waals surface area contributed by atoms with Crippen LogP contribution in [-0.4, -0.2) is 0 Å². The minimum Gasteiger partial charge on any atom is -0.196 e. The lowest BCUT2D eigenvalue weighted by atomic mass is 9.99. The van der Waals surface area contributed by atoms with E-state index in [2.05, 4.69) is 0 Å². The van der Waals surface area contributed by atoms with Gasteiger partial charge in [-0.05, 0) is 55.8 Å². The summed E-state index contributed by atoms with van der Waals surface area (Å²) in [6.45, 7) is 3.79. The monoisotopic (exact) mass is 524 g/mol. The molecule has 2 aromatic carbocycles. The third kappa shape index (κ3) is 2.89. The van der Waals surface area contributed by atoms with E-state index < -0.39 is 11.8 Å². The molecule has 0 saturated carbocycles. The third-order valence-corrected chi connectivity index (χ3v) is 10.4. The molecule has 0 unspecified atom stereocenters. The van der Waals surface area contributed by atoms with Gasteiger partial charge in [-0.2, -0.15) is 17.6 Å². The maximum Gasteiger partial charge on any atom is 0.300 e. The number of hydrogen-bond acceptors (Lipinski definition) is 3. The van der Waals surface area contributed by atoms with Crippen LogP contribution in [0.15, 0.2) is 60.7 Å². The van der Waals surface area contributed by atoms with Gasteiger partial charge in [0.15, 0.2) is 0 Å². The topological polar surface area (TPSA) is 0 Å². The van der Waals surface area contributed by atoms with E-state index in [9.17, 15) is 0 Å². The molecule has 3 aromatic heterocycles. The number of halogens is 4. The highest BCUT2D eigenvalue weighted by molar-refractivity contribution is 7.25. The average Bonchev–Trinajstić information content (AvgIpc) is 3.60. The van der Waals surface area contributed by atoms with Crippen LogP contribution in [-0.2, 0) is 11.8 Å². The molecule has 0 amide bonds. The SMILES string of the molecule is Cc1ccc(-c2ccc(-c3cc4c(s3)-c3cc5c(cc3C4(F)F)-c3sc(C)cc3C5(F)F)s2)cc1. The Bertz CT molecular complexity index is 1660. The first-order chi connectivity index (χ1) is 16.6. The average molecular weight is 525 g/mol. The standard InChI is InChI=1S/C28H16F4S3/c1-13-3-5-15(6-4-13)22-7-8-23(34-22)24-12-21-26(35-24)17-11-18-16(10-19(17)28(21,31)32)25-20(27(18,29)30)9-14(2)33-25/h3-12H,1-2H3. The molecule has 0 atom stereocenters. The van der Waals surface area contributed by atoms with Crippen LogP contribution in [0.3, 0.4) is 0 Å². The summed E-state index contributed by atoms with van der Waals surface area (Å²) in [5, 5.41) is 0. The Hall–Kier alpha value is -2.74. The van der Waals surface area contributed by atoms with Gasteiger partial charge < -0.3 is 0 Å². The molecule has 2 aliphatic rings. The highest BCUT2D eigenvalue weighted by Gasteiger charge is 2.51. The van der Waals surface area contributed by atoms with E-state index in [-0.39, 0.29) is 33.4 Å². The summed E-state index contributed by atoms with van der Waals surface area (Å²) >= 11 is 4.03. The number of benzene rings is 2. The predicted octanol–water partition coefficient (Wildman–Crippen LogP) is 10.1. The molecule has 0 nitrogen and oxygen atoms in total. The maximum atomic E-state index is 15.6. The van der Waals surface area contributed by atoms with Crippen LogP contribution in [0.2, 0.25) is 0 Å². The third-order valence-electron chi connectivity index (χ3n) is 6.77. The van der Waals surface area contributed by atoms with Crippen molar-refractivity contribution in [2.45, 2.75) is 25.7 Å². The van der Waals surface area contributed by atoms with Gasteiger partial charge in [0.25, 0.3) is 0 Å². The number of alkyl halides is 4. The van der Waals surface area contributed by atoms with Gasteiger partial charge in [0.05, 0.1) is 0 Å². The van der Waals surface area contributed by atoms with Crippen LogP contribution >= 0.6 is 34.0 Å². The van der Waals surface area contributed by atoms with Gasteiger partial charge in [-0.1, -0.05) is 29.8 Å². The molecule has 2 aliphatic carbocycles. The van der Waals surface area contributed by atoms with Crippen LogP contribution in [0.25, 0.3) is 41.1 Å². The minimum absolute atomic E-state index is 0.0729. The van der Waals surface area contributed by atoms with Crippen molar-refractivity contribution in [1.82, 2.24) is 0 Å². The lowest BCUT2D eigenvalue weighted by Gasteiger charge is -2.15. The molecule has 0 radical (unpaired) electrons. The van der Waals surface area contributed by atoms with E-state index >= 15 is 17.6 Å². The lowest BCUT2D eigenvalue weighted by molar-refractivity contribution is 0.0453. The van der Waals surface area contributed by atoms with Gasteiger partial charge in [-0.25, -0.2) is 0 Å². The van der Waals surface area contributed by atoms with Crippen molar-refractivity contribution in [3.05, 3.63) is 93.4 Å². The van der Waals surface area contributed by atoms with Crippen molar-refractivity contribution >= 4 is 34.0 Å². The maximum absolute atomic E-state index is 15.6. The summed E-state index contributed by atoms with van der Waals surface area (Å²) in [5.74, 6) is -6.41. The molecule has 7 heteroatoms. The summed E-state index contributed by atoms with van der Waals surface area (Å²) in [7, 11) is 0. The number of aryl methyl sites for hydroxylation is 2. The number of hydrogen-bond donors (Lipinski definition) is 0. The molecule has 0 fully saturated rings. The Kier molecular flexibility index (Phi) is 4.27. The van der Waals surface area contributed by atoms with Crippen LogP contribution in [0.5, 0.6) is 0 Å². The first-order valence-electron chi connectivity index (χ1n) is 11.0. The molecule has 35 heavy (non-hydrogen) atoms. The molecular formula is C28H16F4S3. The van der Waals surface area contributed by atoms with Crippen molar-refractivity contribution in [2.75, 3.05) is 0 Å². The molecule has 0 bridgehead atoms. The van der Waals surface area contributed by atoms with Gasteiger partial charge >= 0.3 is 11.8 Å². The Morgan fingerprint density at radius 1 is 0.543 bits per heavy atom. The molecule has 174 valence electrons. The first kappa shape index (κ1) is 21.5. The molecule has 0 N–H and O–H groups in total. The van der Waals surface area contributed by atoms with E-state index in [4.69, 9.17) is 0 Å². The fourth-order valence-corrected chi connectivity index (χ4v) is 8.41. The number of thiophene rings is 3. The minimum atomic E-state index is -3.23. The molecule has 5 aromatic rings. The lowest BCUT2D eigenvalue weighted by Crippen LogP contribution is -2.13. The van der Waals surface area contributed by atoms with Crippen molar-refractivity contribution in [3.63, 3.8) is 0 Å². The van der Waals surface area contributed by atoms with E-state index in [0.29, 0.717) is 9.75 Å². The second-order valence-corrected chi connectivity index (χ2v) is 12.5. The largest absolute Gasteiger partial charge is 0.300 e. The molecule has 7 rings (SSSR count). The van der Waals surface area contributed by atoms with Crippen LogP contribution in [0.1, 0.15) is 32.7 Å². The quantitative estimate of drug-likeness (QED) is 0.202.